The van der Waals surface area contributed by atoms with Gasteiger partial charge in [0.05, 0.1) is 32.7 Å². The Labute approximate surface area is 171 Å². The number of alkyl halides is 3. The minimum absolute atomic E-state index is 0.109. The van der Waals surface area contributed by atoms with Gasteiger partial charge in [0, 0.05) is 29.5 Å². The highest BCUT2D eigenvalue weighted by Gasteiger charge is 2.30. The zero-order valence-electron chi connectivity index (χ0n) is 15.1. The molecule has 0 aliphatic heterocycles. The predicted molar refractivity (Wildman–Crippen MR) is 109 cm³/mol. The van der Waals surface area contributed by atoms with Crippen molar-refractivity contribution in [2.75, 3.05) is 0 Å². The van der Waals surface area contributed by atoms with E-state index in [1.54, 1.807) is 36.1 Å². The van der Waals surface area contributed by atoms with E-state index in [1.165, 1.54) is 34.1 Å². The van der Waals surface area contributed by atoms with Gasteiger partial charge in [-0.2, -0.15) is 13.2 Å². The van der Waals surface area contributed by atoms with Crippen molar-refractivity contribution in [2.24, 2.45) is 0 Å². The van der Waals surface area contributed by atoms with Crippen molar-refractivity contribution >= 4 is 33.3 Å². The molecule has 0 saturated heterocycles. The lowest BCUT2D eigenvalue weighted by Gasteiger charge is -2.14. The summed E-state index contributed by atoms with van der Waals surface area (Å²) in [6.07, 6.45) is -1.27. The number of benzene rings is 1. The van der Waals surface area contributed by atoms with Crippen LogP contribution in [-0.2, 0) is 6.18 Å². The molecular formula is C21H11F3N4OS. The van der Waals surface area contributed by atoms with Crippen LogP contribution in [0.3, 0.4) is 0 Å². The van der Waals surface area contributed by atoms with E-state index in [1.807, 2.05) is 0 Å². The normalized spacial score (nSPS) is 12.0. The summed E-state index contributed by atoms with van der Waals surface area (Å²) in [5.41, 5.74) is 2.50. The SMILES string of the molecule is O=c1ccc2cnc3ccc(-c4cncs4)nc3c2n1-c1cccc(C(F)(F)F)c1. The molecule has 5 rings (SSSR count). The molecular weight excluding hydrogens is 413 g/mol. The summed E-state index contributed by atoms with van der Waals surface area (Å²) in [5.74, 6) is 0. The molecule has 0 aliphatic carbocycles. The number of fused-ring (bicyclic) bond motifs is 3. The summed E-state index contributed by atoms with van der Waals surface area (Å²) in [5, 5.41) is 0.591. The van der Waals surface area contributed by atoms with Gasteiger partial charge in [-0.3, -0.25) is 19.3 Å². The molecule has 30 heavy (non-hydrogen) atoms. The molecule has 0 atom stereocenters. The molecule has 4 heterocycles. The lowest BCUT2D eigenvalue weighted by molar-refractivity contribution is -0.137. The van der Waals surface area contributed by atoms with Gasteiger partial charge in [0.2, 0.25) is 0 Å². The number of hydrogen-bond acceptors (Lipinski definition) is 5. The Hall–Kier alpha value is -3.59. The second-order valence-corrected chi connectivity index (χ2v) is 7.43. The van der Waals surface area contributed by atoms with Crippen LogP contribution < -0.4 is 5.56 Å². The Morgan fingerprint density at radius 3 is 2.63 bits per heavy atom. The van der Waals surface area contributed by atoms with Gasteiger partial charge in [0.25, 0.3) is 5.56 Å². The van der Waals surface area contributed by atoms with Gasteiger partial charge in [0.1, 0.15) is 5.52 Å². The van der Waals surface area contributed by atoms with E-state index in [2.05, 4.69) is 15.0 Å². The zero-order valence-corrected chi connectivity index (χ0v) is 15.9. The Morgan fingerprint density at radius 2 is 1.87 bits per heavy atom. The van der Waals surface area contributed by atoms with Crippen LogP contribution >= 0.6 is 11.3 Å². The number of aromatic nitrogens is 4. The topological polar surface area (TPSA) is 60.7 Å². The molecule has 0 saturated carbocycles. The first-order valence-electron chi connectivity index (χ1n) is 8.80. The van der Waals surface area contributed by atoms with Crippen molar-refractivity contribution in [3.8, 4) is 16.3 Å². The third-order valence-electron chi connectivity index (χ3n) is 4.68. The summed E-state index contributed by atoms with van der Waals surface area (Å²) >= 11 is 1.41. The molecule has 4 aromatic heterocycles. The van der Waals surface area contributed by atoms with Gasteiger partial charge in [0.15, 0.2) is 0 Å². The Morgan fingerprint density at radius 1 is 1.00 bits per heavy atom. The fourth-order valence-electron chi connectivity index (χ4n) is 3.33. The fraction of sp³-hybridized carbons (Fsp3) is 0.0476. The van der Waals surface area contributed by atoms with Crippen molar-refractivity contribution in [2.45, 2.75) is 6.18 Å². The van der Waals surface area contributed by atoms with Crippen LogP contribution in [0.5, 0.6) is 0 Å². The highest BCUT2D eigenvalue weighted by molar-refractivity contribution is 7.13. The molecule has 9 heteroatoms. The van der Waals surface area contributed by atoms with E-state index in [9.17, 15) is 18.0 Å². The van der Waals surface area contributed by atoms with Gasteiger partial charge in [-0.05, 0) is 36.4 Å². The average Bonchev–Trinajstić information content (AvgIpc) is 3.27. The quantitative estimate of drug-likeness (QED) is 0.371. The highest BCUT2D eigenvalue weighted by atomic mass is 32.1. The van der Waals surface area contributed by atoms with Crippen molar-refractivity contribution in [1.82, 2.24) is 19.5 Å². The van der Waals surface area contributed by atoms with Gasteiger partial charge >= 0.3 is 6.18 Å². The number of pyridine rings is 3. The van der Waals surface area contributed by atoms with Crippen LogP contribution in [0, 0.1) is 0 Å². The molecule has 0 bridgehead atoms. The molecule has 0 unspecified atom stereocenters. The van der Waals surface area contributed by atoms with Crippen LogP contribution in [0.4, 0.5) is 13.2 Å². The number of halogens is 3. The predicted octanol–water partition coefficient (Wildman–Crippen LogP) is 5.08. The first-order chi connectivity index (χ1) is 14.4. The molecule has 0 spiro atoms. The molecule has 1 aromatic carbocycles. The molecule has 5 nitrogen and oxygen atoms in total. The molecule has 0 aliphatic rings. The van der Waals surface area contributed by atoms with Crippen molar-refractivity contribution in [1.29, 1.82) is 0 Å². The van der Waals surface area contributed by atoms with E-state index in [0.29, 0.717) is 27.6 Å². The van der Waals surface area contributed by atoms with Gasteiger partial charge in [-0.25, -0.2) is 4.98 Å². The van der Waals surface area contributed by atoms with Crippen LogP contribution in [0.2, 0.25) is 0 Å². The molecule has 0 fully saturated rings. The highest BCUT2D eigenvalue weighted by Crippen LogP contribution is 2.32. The summed E-state index contributed by atoms with van der Waals surface area (Å²) in [6, 6.07) is 11.1. The maximum atomic E-state index is 13.2. The third-order valence-corrected chi connectivity index (χ3v) is 5.48. The number of hydrogen-bond donors (Lipinski definition) is 0. The van der Waals surface area contributed by atoms with Gasteiger partial charge in [-0.15, -0.1) is 11.3 Å². The maximum absolute atomic E-state index is 13.2. The fourth-order valence-corrected chi connectivity index (χ4v) is 3.92. The molecule has 0 N–H and O–H groups in total. The second kappa shape index (κ2) is 6.74. The smallest absolute Gasteiger partial charge is 0.275 e. The summed E-state index contributed by atoms with van der Waals surface area (Å²) in [4.78, 5) is 26.7. The monoisotopic (exact) mass is 424 g/mol. The summed E-state index contributed by atoms with van der Waals surface area (Å²) in [7, 11) is 0. The average molecular weight is 424 g/mol. The summed E-state index contributed by atoms with van der Waals surface area (Å²) < 4.78 is 41.0. The van der Waals surface area contributed by atoms with Crippen LogP contribution in [0.25, 0.3) is 38.2 Å². The van der Waals surface area contributed by atoms with E-state index in [-0.39, 0.29) is 5.69 Å². The maximum Gasteiger partial charge on any atom is 0.416 e. The van der Waals surface area contributed by atoms with Gasteiger partial charge < -0.3 is 0 Å². The summed E-state index contributed by atoms with van der Waals surface area (Å²) in [6.45, 7) is 0. The molecule has 0 amide bonds. The zero-order chi connectivity index (χ0) is 20.9. The third kappa shape index (κ3) is 3.03. The minimum atomic E-state index is -4.52. The van der Waals surface area contributed by atoms with Crippen molar-refractivity contribution in [3.05, 3.63) is 82.4 Å². The molecule has 148 valence electrons. The molecule has 0 radical (unpaired) electrons. The Kier molecular flexibility index (Phi) is 4.14. The number of thiazole rings is 1. The van der Waals surface area contributed by atoms with E-state index in [4.69, 9.17) is 0 Å². The van der Waals surface area contributed by atoms with Crippen molar-refractivity contribution < 1.29 is 13.2 Å². The number of nitrogens with zero attached hydrogens (tertiary/aromatic N) is 4. The Bertz CT molecular complexity index is 1460. The lowest BCUT2D eigenvalue weighted by Crippen LogP contribution is -2.18. The molecule has 5 aromatic rings. The van der Waals surface area contributed by atoms with Crippen LogP contribution in [0.1, 0.15) is 5.56 Å². The van der Waals surface area contributed by atoms with E-state index >= 15 is 0 Å². The first kappa shape index (κ1) is 18.4. The minimum Gasteiger partial charge on any atom is -0.275 e. The standard InChI is InChI=1S/C21H11F3N4OS/c22-21(23,24)13-2-1-3-14(8-13)28-18(29)7-4-12-9-26-16-6-5-15(17-10-25-11-30-17)27-19(16)20(12)28/h1-11H. The first-order valence-corrected chi connectivity index (χ1v) is 9.68. The van der Waals surface area contributed by atoms with Gasteiger partial charge in [-0.1, -0.05) is 6.07 Å². The Balaban J connectivity index is 1.87. The van der Waals surface area contributed by atoms with Crippen molar-refractivity contribution in [3.63, 3.8) is 0 Å². The lowest BCUT2D eigenvalue weighted by atomic mass is 10.1. The van der Waals surface area contributed by atoms with E-state index < -0.39 is 17.3 Å². The second-order valence-electron chi connectivity index (χ2n) is 6.55. The number of rotatable bonds is 2. The largest absolute Gasteiger partial charge is 0.416 e. The van der Waals surface area contributed by atoms with Crippen LogP contribution in [0.15, 0.2) is 71.2 Å². The van der Waals surface area contributed by atoms with E-state index in [0.717, 1.165) is 17.0 Å². The van der Waals surface area contributed by atoms with Crippen LogP contribution in [-0.4, -0.2) is 19.5 Å².